The first-order valence-corrected chi connectivity index (χ1v) is 6.02. The summed E-state index contributed by atoms with van der Waals surface area (Å²) in [7, 11) is 0. The minimum absolute atomic E-state index is 0.127. The number of nitrogens with two attached hydrogens (primary N) is 1. The summed E-state index contributed by atoms with van der Waals surface area (Å²) in [6.07, 6.45) is -0.127. The van der Waals surface area contributed by atoms with Crippen LogP contribution in [0.2, 0.25) is 0 Å². The molecule has 0 amide bonds. The molecule has 4 nitrogen and oxygen atoms in total. The van der Waals surface area contributed by atoms with Crippen LogP contribution in [0.25, 0.3) is 0 Å². The monoisotopic (exact) mass is 301 g/mol. The summed E-state index contributed by atoms with van der Waals surface area (Å²) in [6.45, 7) is 5.44. The SMILES string of the molecule is Cc1c(C)c(C(N)CC(=O)O)c(C)c(Br)c1O. The molecule has 1 unspecified atom stereocenters. The molecule has 0 bridgehead atoms. The molecule has 0 aliphatic rings. The van der Waals surface area contributed by atoms with Gasteiger partial charge in [-0.2, -0.15) is 0 Å². The fourth-order valence-electron chi connectivity index (χ4n) is 1.97. The lowest BCUT2D eigenvalue weighted by Crippen LogP contribution is -2.18. The molecule has 4 N–H and O–H groups in total. The van der Waals surface area contributed by atoms with Crippen LogP contribution < -0.4 is 5.73 Å². The summed E-state index contributed by atoms with van der Waals surface area (Å²) in [6, 6.07) is -0.567. The third-order valence-electron chi connectivity index (χ3n) is 3.03. The van der Waals surface area contributed by atoms with Gasteiger partial charge < -0.3 is 15.9 Å². The largest absolute Gasteiger partial charge is 0.506 e. The summed E-state index contributed by atoms with van der Waals surface area (Å²) in [5.41, 5.74) is 9.04. The summed E-state index contributed by atoms with van der Waals surface area (Å²) in [5, 5.41) is 18.6. The molecule has 0 saturated carbocycles. The molecular formula is C12H16BrNO3. The van der Waals surface area contributed by atoms with Crippen LogP contribution >= 0.6 is 15.9 Å². The van der Waals surface area contributed by atoms with E-state index in [-0.39, 0.29) is 12.2 Å². The van der Waals surface area contributed by atoms with E-state index in [4.69, 9.17) is 10.8 Å². The van der Waals surface area contributed by atoms with Crippen LogP contribution in [-0.2, 0) is 4.79 Å². The van der Waals surface area contributed by atoms with Crippen molar-refractivity contribution in [1.29, 1.82) is 0 Å². The third kappa shape index (κ3) is 2.61. The van der Waals surface area contributed by atoms with Gasteiger partial charge in [0.1, 0.15) is 5.75 Å². The summed E-state index contributed by atoms with van der Waals surface area (Å²) >= 11 is 3.30. The molecule has 17 heavy (non-hydrogen) atoms. The molecule has 0 fully saturated rings. The second-order valence-corrected chi connectivity index (χ2v) is 4.95. The van der Waals surface area contributed by atoms with Crippen molar-refractivity contribution in [3.8, 4) is 5.75 Å². The first-order valence-electron chi connectivity index (χ1n) is 5.22. The zero-order valence-electron chi connectivity index (χ0n) is 10.0. The van der Waals surface area contributed by atoms with Crippen LogP contribution in [0, 0.1) is 20.8 Å². The molecular weight excluding hydrogens is 286 g/mol. The van der Waals surface area contributed by atoms with Gasteiger partial charge in [0.25, 0.3) is 0 Å². The maximum atomic E-state index is 10.7. The van der Waals surface area contributed by atoms with Gasteiger partial charge in [-0.3, -0.25) is 4.79 Å². The number of benzene rings is 1. The molecule has 5 heteroatoms. The van der Waals surface area contributed by atoms with Gasteiger partial charge in [-0.25, -0.2) is 0 Å². The number of carboxylic acids is 1. The predicted octanol–water partition coefficient (Wildman–Crippen LogP) is 2.55. The Labute approximate surface area is 109 Å². The Morgan fingerprint density at radius 3 is 2.29 bits per heavy atom. The predicted molar refractivity (Wildman–Crippen MR) is 69.2 cm³/mol. The van der Waals surface area contributed by atoms with Crippen LogP contribution in [0.1, 0.15) is 34.7 Å². The molecule has 0 aromatic heterocycles. The highest BCUT2D eigenvalue weighted by molar-refractivity contribution is 9.10. The van der Waals surface area contributed by atoms with Crippen molar-refractivity contribution < 1.29 is 15.0 Å². The number of rotatable bonds is 3. The number of aromatic hydroxyl groups is 1. The minimum Gasteiger partial charge on any atom is -0.506 e. The average Bonchev–Trinajstić information content (AvgIpc) is 2.23. The van der Waals surface area contributed by atoms with Crippen molar-refractivity contribution in [2.45, 2.75) is 33.2 Å². The fraction of sp³-hybridized carbons (Fsp3) is 0.417. The van der Waals surface area contributed by atoms with E-state index in [0.29, 0.717) is 4.47 Å². The van der Waals surface area contributed by atoms with Gasteiger partial charge in [-0.05, 0) is 59.0 Å². The summed E-state index contributed by atoms with van der Waals surface area (Å²) in [5.74, 6) is -0.746. The number of carbonyl (C=O) groups is 1. The van der Waals surface area contributed by atoms with Crippen molar-refractivity contribution in [1.82, 2.24) is 0 Å². The number of carboxylic acid groups (broad SMARTS) is 1. The van der Waals surface area contributed by atoms with Crippen LogP contribution in [0.15, 0.2) is 4.47 Å². The summed E-state index contributed by atoms with van der Waals surface area (Å²) in [4.78, 5) is 10.7. The molecule has 1 aromatic carbocycles. The normalized spacial score (nSPS) is 12.5. The second kappa shape index (κ2) is 5.06. The van der Waals surface area contributed by atoms with Gasteiger partial charge in [0.15, 0.2) is 0 Å². The van der Waals surface area contributed by atoms with Crippen molar-refractivity contribution in [2.24, 2.45) is 5.73 Å². The van der Waals surface area contributed by atoms with Crippen LogP contribution in [0.4, 0.5) is 0 Å². The highest BCUT2D eigenvalue weighted by Gasteiger charge is 2.21. The molecule has 0 radical (unpaired) electrons. The van der Waals surface area contributed by atoms with Crippen LogP contribution in [0.3, 0.4) is 0 Å². The number of halogens is 1. The van der Waals surface area contributed by atoms with Crippen molar-refractivity contribution in [3.05, 3.63) is 26.7 Å². The first-order chi connectivity index (χ1) is 7.77. The fourth-order valence-corrected chi connectivity index (χ4v) is 2.48. The van der Waals surface area contributed by atoms with Gasteiger partial charge in [-0.15, -0.1) is 0 Å². The van der Waals surface area contributed by atoms with Gasteiger partial charge in [0.05, 0.1) is 10.9 Å². The van der Waals surface area contributed by atoms with Crippen LogP contribution in [0.5, 0.6) is 5.75 Å². The third-order valence-corrected chi connectivity index (χ3v) is 4.00. The lowest BCUT2D eigenvalue weighted by molar-refractivity contribution is -0.137. The number of hydrogen-bond acceptors (Lipinski definition) is 3. The lowest BCUT2D eigenvalue weighted by atomic mass is 9.91. The van der Waals surface area contributed by atoms with Crippen LogP contribution in [-0.4, -0.2) is 16.2 Å². The molecule has 1 rings (SSSR count). The van der Waals surface area contributed by atoms with Gasteiger partial charge in [0, 0.05) is 6.04 Å². The Hall–Kier alpha value is -1.07. The van der Waals surface area contributed by atoms with Gasteiger partial charge >= 0.3 is 5.97 Å². The van der Waals surface area contributed by atoms with E-state index >= 15 is 0 Å². The second-order valence-electron chi connectivity index (χ2n) is 4.16. The molecule has 0 saturated heterocycles. The highest BCUT2D eigenvalue weighted by Crippen LogP contribution is 2.38. The Bertz CT molecular complexity index is 442. The van der Waals surface area contributed by atoms with E-state index in [0.717, 1.165) is 22.3 Å². The quantitative estimate of drug-likeness (QED) is 0.801. The zero-order chi connectivity index (χ0) is 13.3. The smallest absolute Gasteiger partial charge is 0.305 e. The van der Waals surface area contributed by atoms with Crippen molar-refractivity contribution >= 4 is 21.9 Å². The number of phenolic OH excluding ortho intramolecular Hbond substituents is 1. The van der Waals surface area contributed by atoms with E-state index in [1.165, 1.54) is 0 Å². The Balaban J connectivity index is 3.38. The molecule has 0 aliphatic carbocycles. The minimum atomic E-state index is -0.932. The first kappa shape index (κ1) is 14.0. The van der Waals surface area contributed by atoms with E-state index in [1.807, 2.05) is 13.8 Å². The highest BCUT2D eigenvalue weighted by atomic mass is 79.9. The lowest BCUT2D eigenvalue weighted by Gasteiger charge is -2.20. The zero-order valence-corrected chi connectivity index (χ0v) is 11.6. The van der Waals surface area contributed by atoms with Crippen molar-refractivity contribution in [2.75, 3.05) is 0 Å². The molecule has 94 valence electrons. The van der Waals surface area contributed by atoms with E-state index < -0.39 is 12.0 Å². The van der Waals surface area contributed by atoms with E-state index in [2.05, 4.69) is 15.9 Å². The van der Waals surface area contributed by atoms with Crippen molar-refractivity contribution in [3.63, 3.8) is 0 Å². The number of phenols is 1. The average molecular weight is 302 g/mol. The number of hydrogen-bond donors (Lipinski definition) is 3. The Kier molecular flexibility index (Phi) is 4.16. The number of aliphatic carboxylic acids is 1. The standard InChI is InChI=1S/C12H16BrNO3/c1-5-6(2)12(17)11(13)7(3)10(5)8(14)4-9(15)16/h8,17H,4,14H2,1-3H3,(H,15,16). The maximum absolute atomic E-state index is 10.7. The summed E-state index contributed by atoms with van der Waals surface area (Å²) < 4.78 is 0.580. The van der Waals surface area contributed by atoms with Gasteiger partial charge in [0.2, 0.25) is 0 Å². The molecule has 0 heterocycles. The molecule has 0 aliphatic heterocycles. The topological polar surface area (TPSA) is 83.6 Å². The Morgan fingerprint density at radius 1 is 1.29 bits per heavy atom. The van der Waals surface area contributed by atoms with Gasteiger partial charge in [-0.1, -0.05) is 0 Å². The van der Waals surface area contributed by atoms with E-state index in [1.54, 1.807) is 6.92 Å². The Morgan fingerprint density at radius 2 is 1.82 bits per heavy atom. The molecule has 0 spiro atoms. The molecule has 1 aromatic rings. The molecule has 1 atom stereocenters. The maximum Gasteiger partial charge on any atom is 0.305 e. The van der Waals surface area contributed by atoms with E-state index in [9.17, 15) is 9.90 Å².